The van der Waals surface area contributed by atoms with Crippen LogP contribution in [0.1, 0.15) is 47.6 Å². The largest absolute Gasteiger partial charge is 0.483 e. The van der Waals surface area contributed by atoms with Gasteiger partial charge in [-0.3, -0.25) is 9.59 Å². The number of methoxy groups -OCH3 is 1. The van der Waals surface area contributed by atoms with E-state index >= 15 is 0 Å². The van der Waals surface area contributed by atoms with Gasteiger partial charge in [-0.25, -0.2) is 4.79 Å². The maximum Gasteiger partial charge on any atom is 0.337 e. The Hall–Kier alpha value is -2.38. The number of carbonyl (C=O) groups excluding carboxylic acids is 3. The summed E-state index contributed by atoms with van der Waals surface area (Å²) < 4.78 is 10.9. The third kappa shape index (κ3) is 4.16. The van der Waals surface area contributed by atoms with E-state index in [2.05, 4.69) is 4.90 Å². The van der Waals surface area contributed by atoms with Crippen LogP contribution in [0.5, 0.6) is 0 Å². The lowest BCUT2D eigenvalue weighted by Gasteiger charge is -2.37. The molecule has 1 aromatic carbocycles. The smallest absolute Gasteiger partial charge is 0.337 e. The van der Waals surface area contributed by atoms with Gasteiger partial charge in [0.05, 0.1) is 30.2 Å². The van der Waals surface area contributed by atoms with E-state index in [-0.39, 0.29) is 34.8 Å². The summed E-state index contributed by atoms with van der Waals surface area (Å²) in [5, 5.41) is -0.0583. The number of carbonyl (C=O) groups is 3. The Bertz CT molecular complexity index is 942. The zero-order valence-electron chi connectivity index (χ0n) is 18.7. The number of halogens is 1. The molecular weight excluding hydrogens is 432 g/mol. The number of nitrogens with zero attached hydrogens (tertiary/aromatic N) is 2. The topological polar surface area (TPSA) is 76.1 Å². The average Bonchev–Trinajstić information content (AvgIpc) is 3.06. The third-order valence-corrected chi connectivity index (χ3v) is 6.93. The van der Waals surface area contributed by atoms with Crippen LogP contribution in [0.15, 0.2) is 35.6 Å². The highest BCUT2D eigenvalue weighted by molar-refractivity contribution is 6.21. The van der Waals surface area contributed by atoms with Crippen LogP contribution in [0, 0.1) is 5.92 Å². The molecule has 0 N–H and O–H groups in total. The molecule has 4 unspecified atom stereocenters. The minimum atomic E-state index is -0.532. The average molecular weight is 461 g/mol. The van der Waals surface area contributed by atoms with Crippen LogP contribution in [0.25, 0.3) is 0 Å². The number of ketones is 1. The van der Waals surface area contributed by atoms with Crippen molar-refractivity contribution in [2.24, 2.45) is 5.92 Å². The molecule has 0 aromatic heterocycles. The maximum atomic E-state index is 13.6. The Morgan fingerprint density at radius 1 is 1.22 bits per heavy atom. The summed E-state index contributed by atoms with van der Waals surface area (Å²) in [6, 6.07) is 6.35. The monoisotopic (exact) mass is 460 g/mol. The molecule has 1 aromatic rings. The van der Waals surface area contributed by atoms with Crippen molar-refractivity contribution < 1.29 is 23.9 Å². The van der Waals surface area contributed by atoms with Crippen LogP contribution < -0.4 is 0 Å². The highest BCUT2D eigenvalue weighted by Crippen LogP contribution is 2.47. The maximum absolute atomic E-state index is 13.6. The lowest BCUT2D eigenvalue weighted by molar-refractivity contribution is -0.135. The fourth-order valence-electron chi connectivity index (χ4n) is 4.92. The molecule has 32 heavy (non-hydrogen) atoms. The Kier molecular flexibility index (Phi) is 6.58. The second-order valence-electron chi connectivity index (χ2n) is 8.95. The first-order chi connectivity index (χ1) is 15.3. The minimum Gasteiger partial charge on any atom is -0.483 e. The van der Waals surface area contributed by atoms with Crippen LogP contribution in [0.2, 0.25) is 0 Å². The highest BCUT2D eigenvalue weighted by Gasteiger charge is 2.52. The van der Waals surface area contributed by atoms with Gasteiger partial charge in [-0.05, 0) is 64.0 Å². The number of alkyl halides is 1. The molecule has 0 spiro atoms. The predicted molar refractivity (Wildman–Crippen MR) is 119 cm³/mol. The number of amides is 1. The first kappa shape index (κ1) is 22.8. The second-order valence-corrected chi connectivity index (χ2v) is 9.57. The van der Waals surface area contributed by atoms with Gasteiger partial charge in [0, 0.05) is 11.9 Å². The van der Waals surface area contributed by atoms with E-state index in [0.29, 0.717) is 30.5 Å². The van der Waals surface area contributed by atoms with Gasteiger partial charge in [0.25, 0.3) is 5.91 Å². The van der Waals surface area contributed by atoms with Gasteiger partial charge in [-0.2, -0.15) is 0 Å². The highest BCUT2D eigenvalue weighted by atomic mass is 35.5. The number of ether oxygens (including phenoxy) is 2. The number of rotatable bonds is 6. The van der Waals surface area contributed by atoms with Gasteiger partial charge in [-0.1, -0.05) is 12.1 Å². The Morgan fingerprint density at radius 3 is 2.59 bits per heavy atom. The van der Waals surface area contributed by atoms with Gasteiger partial charge in [0.2, 0.25) is 0 Å². The molecule has 0 radical (unpaired) electrons. The van der Waals surface area contributed by atoms with Crippen molar-refractivity contribution in [2.75, 3.05) is 34.3 Å². The summed E-state index contributed by atoms with van der Waals surface area (Å²) in [6.45, 7) is 1.31. The number of Topliss-reactive ketones (excluding diaryl/α,β-unsaturated/α-hetero) is 1. The van der Waals surface area contributed by atoms with E-state index in [0.717, 1.165) is 24.9 Å². The van der Waals surface area contributed by atoms with Gasteiger partial charge < -0.3 is 19.3 Å². The number of fused-ring (bicyclic) bond motifs is 1. The summed E-state index contributed by atoms with van der Waals surface area (Å²) in [5.41, 5.74) is 1.62. The lowest BCUT2D eigenvalue weighted by atomic mass is 9.77. The van der Waals surface area contributed by atoms with E-state index in [9.17, 15) is 14.4 Å². The molecule has 1 fully saturated rings. The Morgan fingerprint density at radius 2 is 1.94 bits per heavy atom. The Balaban J connectivity index is 1.70. The SMILES string of the molecule is COC(=O)c1ccc(C2C3=C(OC4CCC(Cl)CC4C3=O)C(=O)N2CCCN(C)C)cc1. The summed E-state index contributed by atoms with van der Waals surface area (Å²) in [7, 11) is 5.30. The zero-order chi connectivity index (χ0) is 23.0. The molecule has 7 nitrogen and oxygen atoms in total. The Labute approximate surface area is 193 Å². The molecular formula is C24H29ClN2O5. The van der Waals surface area contributed by atoms with Crippen LogP contribution in [-0.4, -0.2) is 73.2 Å². The summed E-state index contributed by atoms with van der Waals surface area (Å²) in [6.07, 6.45) is 2.49. The molecule has 1 aliphatic carbocycles. The molecule has 8 heteroatoms. The predicted octanol–water partition coefficient (Wildman–Crippen LogP) is 2.94. The molecule has 4 atom stereocenters. The lowest BCUT2D eigenvalue weighted by Crippen LogP contribution is -2.41. The first-order valence-electron chi connectivity index (χ1n) is 11.0. The van der Waals surface area contributed by atoms with Crippen molar-refractivity contribution in [3.05, 3.63) is 46.7 Å². The fourth-order valence-corrected chi connectivity index (χ4v) is 5.23. The van der Waals surface area contributed by atoms with Crippen molar-refractivity contribution in [2.45, 2.75) is 43.2 Å². The summed E-state index contributed by atoms with van der Waals surface area (Å²) in [5.74, 6) is -0.836. The molecule has 1 amide bonds. The van der Waals surface area contributed by atoms with E-state index < -0.39 is 12.0 Å². The number of esters is 1. The van der Waals surface area contributed by atoms with E-state index in [1.807, 2.05) is 14.1 Å². The summed E-state index contributed by atoms with van der Waals surface area (Å²) >= 11 is 6.36. The second kappa shape index (κ2) is 9.24. The molecule has 0 saturated heterocycles. The quantitative estimate of drug-likeness (QED) is 0.480. The molecule has 3 aliphatic rings. The number of hydrogen-bond acceptors (Lipinski definition) is 6. The van der Waals surface area contributed by atoms with Crippen molar-refractivity contribution >= 4 is 29.3 Å². The van der Waals surface area contributed by atoms with Gasteiger partial charge >= 0.3 is 5.97 Å². The zero-order valence-corrected chi connectivity index (χ0v) is 19.4. The van der Waals surface area contributed by atoms with Gasteiger partial charge in [0.15, 0.2) is 11.5 Å². The van der Waals surface area contributed by atoms with Crippen LogP contribution >= 0.6 is 11.6 Å². The molecule has 2 aliphatic heterocycles. The standard InChI is InChI=1S/C24H29ClN2O5/c1-26(2)11-4-12-27-20(14-5-7-15(8-6-14)24(30)31-3)19-21(28)17-13-16(25)9-10-18(17)32-22(19)23(27)29/h5-8,16-18,20H,4,9-13H2,1-3H3. The van der Waals surface area contributed by atoms with Crippen molar-refractivity contribution in [3.8, 4) is 0 Å². The fraction of sp³-hybridized carbons (Fsp3) is 0.542. The van der Waals surface area contributed by atoms with Gasteiger partial charge in [0.1, 0.15) is 6.10 Å². The molecule has 172 valence electrons. The number of hydrogen-bond donors (Lipinski definition) is 0. The molecule has 4 rings (SSSR count). The molecule has 0 bridgehead atoms. The van der Waals surface area contributed by atoms with Crippen LogP contribution in [0.4, 0.5) is 0 Å². The first-order valence-corrected chi connectivity index (χ1v) is 11.5. The van der Waals surface area contributed by atoms with Crippen molar-refractivity contribution in [1.82, 2.24) is 9.80 Å². The van der Waals surface area contributed by atoms with Crippen LogP contribution in [-0.2, 0) is 19.1 Å². The summed E-state index contributed by atoms with van der Waals surface area (Å²) in [4.78, 5) is 42.6. The van der Waals surface area contributed by atoms with E-state index in [1.165, 1.54) is 7.11 Å². The molecule has 1 saturated carbocycles. The van der Waals surface area contributed by atoms with E-state index in [4.69, 9.17) is 21.1 Å². The van der Waals surface area contributed by atoms with Crippen molar-refractivity contribution in [3.63, 3.8) is 0 Å². The minimum absolute atomic E-state index is 0.0351. The molecule has 2 heterocycles. The van der Waals surface area contributed by atoms with E-state index in [1.54, 1.807) is 29.2 Å². The van der Waals surface area contributed by atoms with Crippen LogP contribution in [0.3, 0.4) is 0 Å². The third-order valence-electron chi connectivity index (χ3n) is 6.53. The normalized spacial score (nSPS) is 27.3. The van der Waals surface area contributed by atoms with Crippen molar-refractivity contribution in [1.29, 1.82) is 0 Å². The number of benzene rings is 1. The van der Waals surface area contributed by atoms with Gasteiger partial charge in [-0.15, -0.1) is 11.6 Å².